The molecule has 3 nitrogen and oxygen atoms in total. The summed E-state index contributed by atoms with van der Waals surface area (Å²) in [5, 5.41) is 8.68. The number of nitrogens with one attached hydrogen (secondary N) is 1. The Balaban J connectivity index is 2.29. The van der Waals surface area contributed by atoms with E-state index < -0.39 is 0 Å². The predicted molar refractivity (Wildman–Crippen MR) is 37.9 cm³/mol. The van der Waals surface area contributed by atoms with Crippen LogP contribution in [-0.4, -0.2) is 24.5 Å². The average Bonchev–Trinajstić information content (AvgIpc) is 2.43. The molecule has 2 atom stereocenters. The van der Waals surface area contributed by atoms with Gasteiger partial charge in [0.25, 0.3) is 0 Å². The Morgan fingerprint density at radius 1 is 1.80 bits per heavy atom. The molecule has 2 N–H and O–H groups in total. The number of rotatable bonds is 3. The highest BCUT2D eigenvalue weighted by molar-refractivity contribution is 4.75. The first-order chi connectivity index (χ1) is 4.88. The molecule has 0 spiro atoms. The monoisotopic (exact) mass is 145 g/mol. The Labute approximate surface area is 61.3 Å². The third-order valence-electron chi connectivity index (χ3n) is 2.14. The fourth-order valence-corrected chi connectivity index (χ4v) is 1.40. The summed E-state index contributed by atoms with van der Waals surface area (Å²) in [6, 6.07) is 0.225. The summed E-state index contributed by atoms with van der Waals surface area (Å²) in [5.74, 6) is 0.509. The van der Waals surface area contributed by atoms with Crippen LogP contribution in [0.3, 0.4) is 0 Å². The van der Waals surface area contributed by atoms with Crippen LogP contribution in [0.4, 0.5) is 0 Å². The van der Waals surface area contributed by atoms with Crippen LogP contribution in [0, 0.1) is 5.92 Å². The Morgan fingerprint density at radius 3 is 3.00 bits per heavy atom. The van der Waals surface area contributed by atoms with Crippen LogP contribution in [0.15, 0.2) is 0 Å². The van der Waals surface area contributed by atoms with Crippen LogP contribution < -0.4 is 5.48 Å². The number of hydrogen-bond acceptors (Lipinski definition) is 3. The van der Waals surface area contributed by atoms with Gasteiger partial charge < -0.3 is 9.94 Å². The summed E-state index contributed by atoms with van der Waals surface area (Å²) in [7, 11) is 0. The van der Waals surface area contributed by atoms with Crippen LogP contribution in [-0.2, 0) is 4.74 Å². The van der Waals surface area contributed by atoms with E-state index in [-0.39, 0.29) is 6.04 Å². The third kappa shape index (κ3) is 1.68. The molecule has 0 aromatic carbocycles. The highest BCUT2D eigenvalue weighted by Gasteiger charge is 2.23. The zero-order chi connectivity index (χ0) is 7.40. The molecule has 1 saturated heterocycles. The molecule has 0 bridgehead atoms. The molecule has 1 aliphatic rings. The SMILES string of the molecule is CCC(NO)C1CCOC1. The summed E-state index contributed by atoms with van der Waals surface area (Å²) >= 11 is 0. The standard InChI is InChI=1S/C7H15NO2/c1-2-7(8-9)6-3-4-10-5-6/h6-9H,2-5H2,1H3. The molecule has 0 amide bonds. The van der Waals surface area contributed by atoms with Crippen molar-refractivity contribution in [2.75, 3.05) is 13.2 Å². The molecule has 0 aromatic heterocycles. The molecule has 2 unspecified atom stereocenters. The summed E-state index contributed by atoms with van der Waals surface area (Å²) in [6.07, 6.45) is 2.04. The van der Waals surface area contributed by atoms with E-state index >= 15 is 0 Å². The third-order valence-corrected chi connectivity index (χ3v) is 2.14. The Bertz CT molecular complexity index is 87.6. The van der Waals surface area contributed by atoms with Gasteiger partial charge in [0.1, 0.15) is 0 Å². The maximum Gasteiger partial charge on any atom is 0.0510 e. The smallest absolute Gasteiger partial charge is 0.0510 e. The lowest BCUT2D eigenvalue weighted by Crippen LogP contribution is -2.33. The van der Waals surface area contributed by atoms with E-state index in [0.29, 0.717) is 5.92 Å². The van der Waals surface area contributed by atoms with Crippen molar-refractivity contribution in [2.45, 2.75) is 25.8 Å². The maximum atomic E-state index is 8.68. The van der Waals surface area contributed by atoms with Gasteiger partial charge in [-0.3, -0.25) is 0 Å². The second-order valence-electron chi connectivity index (χ2n) is 2.77. The van der Waals surface area contributed by atoms with Gasteiger partial charge >= 0.3 is 0 Å². The molecule has 60 valence electrons. The fourth-order valence-electron chi connectivity index (χ4n) is 1.40. The van der Waals surface area contributed by atoms with E-state index in [1.54, 1.807) is 0 Å². The van der Waals surface area contributed by atoms with Crippen LogP contribution in [0.5, 0.6) is 0 Å². The Morgan fingerprint density at radius 2 is 2.60 bits per heavy atom. The normalized spacial score (nSPS) is 28.8. The number of hydroxylamine groups is 1. The van der Waals surface area contributed by atoms with Gasteiger partial charge in [0.05, 0.1) is 6.61 Å². The zero-order valence-corrected chi connectivity index (χ0v) is 6.34. The van der Waals surface area contributed by atoms with Crippen molar-refractivity contribution in [1.29, 1.82) is 0 Å². The molecule has 3 heteroatoms. The van der Waals surface area contributed by atoms with Crippen molar-refractivity contribution in [3.8, 4) is 0 Å². The lowest BCUT2D eigenvalue weighted by molar-refractivity contribution is 0.0863. The first-order valence-corrected chi connectivity index (χ1v) is 3.85. The van der Waals surface area contributed by atoms with Crippen LogP contribution in [0.1, 0.15) is 19.8 Å². The lowest BCUT2D eigenvalue weighted by atomic mass is 9.98. The van der Waals surface area contributed by atoms with Gasteiger partial charge in [0.2, 0.25) is 0 Å². The van der Waals surface area contributed by atoms with Crippen LogP contribution in [0.2, 0.25) is 0 Å². The predicted octanol–water partition coefficient (Wildman–Crippen LogP) is 0.780. The molecule has 0 aromatic rings. The molecule has 0 saturated carbocycles. The minimum absolute atomic E-state index is 0.225. The van der Waals surface area contributed by atoms with Gasteiger partial charge in [-0.15, -0.1) is 0 Å². The van der Waals surface area contributed by atoms with Gasteiger partial charge in [-0.1, -0.05) is 6.92 Å². The van der Waals surface area contributed by atoms with Crippen molar-refractivity contribution in [1.82, 2.24) is 5.48 Å². The second kappa shape index (κ2) is 3.91. The summed E-state index contributed by atoms with van der Waals surface area (Å²) in [4.78, 5) is 0. The van der Waals surface area contributed by atoms with Gasteiger partial charge in [0, 0.05) is 18.6 Å². The minimum Gasteiger partial charge on any atom is -0.381 e. The minimum atomic E-state index is 0.225. The fraction of sp³-hybridized carbons (Fsp3) is 1.00. The van der Waals surface area contributed by atoms with E-state index in [4.69, 9.17) is 9.94 Å². The first-order valence-electron chi connectivity index (χ1n) is 3.85. The van der Waals surface area contributed by atoms with Gasteiger partial charge in [0.15, 0.2) is 0 Å². The highest BCUT2D eigenvalue weighted by atomic mass is 16.5. The number of ether oxygens (including phenoxy) is 1. The Hall–Kier alpha value is -0.120. The van der Waals surface area contributed by atoms with Crippen molar-refractivity contribution in [3.63, 3.8) is 0 Å². The molecule has 1 heterocycles. The molecule has 10 heavy (non-hydrogen) atoms. The molecular weight excluding hydrogens is 130 g/mol. The summed E-state index contributed by atoms with van der Waals surface area (Å²) < 4.78 is 5.19. The van der Waals surface area contributed by atoms with E-state index in [1.165, 1.54) is 0 Å². The summed E-state index contributed by atoms with van der Waals surface area (Å²) in [6.45, 7) is 3.71. The van der Waals surface area contributed by atoms with Gasteiger partial charge in [-0.25, -0.2) is 5.48 Å². The first kappa shape index (κ1) is 7.98. The maximum absolute atomic E-state index is 8.68. The molecule has 1 aliphatic heterocycles. The van der Waals surface area contributed by atoms with Crippen molar-refractivity contribution in [3.05, 3.63) is 0 Å². The molecular formula is C7H15NO2. The highest BCUT2D eigenvalue weighted by Crippen LogP contribution is 2.17. The van der Waals surface area contributed by atoms with Gasteiger partial charge in [-0.2, -0.15) is 0 Å². The van der Waals surface area contributed by atoms with E-state index in [1.807, 2.05) is 0 Å². The largest absolute Gasteiger partial charge is 0.381 e. The van der Waals surface area contributed by atoms with E-state index in [9.17, 15) is 0 Å². The van der Waals surface area contributed by atoms with Crippen LogP contribution in [0.25, 0.3) is 0 Å². The lowest BCUT2D eigenvalue weighted by Gasteiger charge is -2.17. The molecule has 0 radical (unpaired) electrons. The van der Waals surface area contributed by atoms with E-state index in [2.05, 4.69) is 12.4 Å². The van der Waals surface area contributed by atoms with Crippen molar-refractivity contribution >= 4 is 0 Å². The van der Waals surface area contributed by atoms with Crippen LogP contribution >= 0.6 is 0 Å². The average molecular weight is 145 g/mol. The van der Waals surface area contributed by atoms with Crippen molar-refractivity contribution < 1.29 is 9.94 Å². The molecule has 1 fully saturated rings. The van der Waals surface area contributed by atoms with Gasteiger partial charge in [-0.05, 0) is 12.8 Å². The van der Waals surface area contributed by atoms with E-state index in [0.717, 1.165) is 26.1 Å². The van der Waals surface area contributed by atoms with Crippen molar-refractivity contribution in [2.24, 2.45) is 5.92 Å². The molecule has 0 aliphatic carbocycles. The quantitative estimate of drug-likeness (QED) is 0.577. The second-order valence-corrected chi connectivity index (χ2v) is 2.77. The molecule has 1 rings (SSSR count). The summed E-state index contributed by atoms with van der Waals surface area (Å²) in [5.41, 5.74) is 2.31. The zero-order valence-electron chi connectivity index (χ0n) is 6.34. The topological polar surface area (TPSA) is 41.5 Å². The number of hydrogen-bond donors (Lipinski definition) is 2. The Kier molecular flexibility index (Phi) is 3.12.